The van der Waals surface area contributed by atoms with Gasteiger partial charge in [0.05, 0.1) is 11.9 Å². The molecular formula is C20H22N4. The van der Waals surface area contributed by atoms with Gasteiger partial charge in [-0.15, -0.1) is 0 Å². The Kier molecular flexibility index (Phi) is 4.03. The summed E-state index contributed by atoms with van der Waals surface area (Å²) >= 11 is 0. The van der Waals surface area contributed by atoms with Gasteiger partial charge in [-0.25, -0.2) is 9.97 Å². The number of rotatable bonds is 3. The van der Waals surface area contributed by atoms with E-state index < -0.39 is 0 Å². The maximum atomic E-state index is 4.67. The van der Waals surface area contributed by atoms with Crippen molar-refractivity contribution in [2.75, 3.05) is 18.0 Å². The van der Waals surface area contributed by atoms with Gasteiger partial charge in [0.15, 0.2) is 0 Å². The summed E-state index contributed by atoms with van der Waals surface area (Å²) < 4.78 is 0. The molecule has 24 heavy (non-hydrogen) atoms. The monoisotopic (exact) mass is 318 g/mol. The second kappa shape index (κ2) is 6.48. The third-order valence-corrected chi connectivity index (χ3v) is 4.69. The topological polar surface area (TPSA) is 44.8 Å². The molecule has 1 saturated heterocycles. The minimum atomic E-state index is 0.429. The van der Waals surface area contributed by atoms with Crippen LogP contribution in [0.4, 0.5) is 5.82 Å². The Morgan fingerprint density at radius 3 is 2.79 bits per heavy atom. The van der Waals surface area contributed by atoms with Crippen LogP contribution in [0.3, 0.4) is 0 Å². The minimum absolute atomic E-state index is 0.429. The number of anilines is 1. The highest BCUT2D eigenvalue weighted by Gasteiger charge is 2.24. The predicted octanol–water partition coefficient (Wildman–Crippen LogP) is 4.16. The van der Waals surface area contributed by atoms with E-state index in [4.69, 9.17) is 0 Å². The van der Waals surface area contributed by atoms with Crippen LogP contribution >= 0.6 is 0 Å². The van der Waals surface area contributed by atoms with Crippen molar-refractivity contribution in [3.8, 4) is 11.3 Å². The zero-order valence-electron chi connectivity index (χ0n) is 13.9. The molecule has 2 aromatic heterocycles. The molecule has 0 radical (unpaired) electrons. The van der Waals surface area contributed by atoms with Crippen LogP contribution in [0, 0.1) is 6.92 Å². The number of nitrogens with zero attached hydrogens (tertiary/aromatic N) is 3. The summed E-state index contributed by atoms with van der Waals surface area (Å²) in [5, 5.41) is 0. The molecule has 1 N–H and O–H groups in total. The van der Waals surface area contributed by atoms with Gasteiger partial charge < -0.3 is 9.88 Å². The summed E-state index contributed by atoms with van der Waals surface area (Å²) in [6.45, 7) is 4.08. The molecule has 3 heterocycles. The van der Waals surface area contributed by atoms with E-state index in [-0.39, 0.29) is 0 Å². The lowest BCUT2D eigenvalue weighted by Crippen LogP contribution is -2.35. The molecule has 122 valence electrons. The SMILES string of the molecule is Cc1cccc(N2CCCC(c3ncc(-c4ccccc4)[nH]3)C2)n1. The van der Waals surface area contributed by atoms with Crippen LogP contribution in [-0.4, -0.2) is 28.0 Å². The van der Waals surface area contributed by atoms with Crippen molar-refractivity contribution in [3.63, 3.8) is 0 Å². The smallest absolute Gasteiger partial charge is 0.128 e. The van der Waals surface area contributed by atoms with Gasteiger partial charge in [-0.05, 0) is 37.5 Å². The third-order valence-electron chi connectivity index (χ3n) is 4.69. The van der Waals surface area contributed by atoms with Gasteiger partial charge in [0.25, 0.3) is 0 Å². The number of imidazole rings is 1. The summed E-state index contributed by atoms with van der Waals surface area (Å²) in [6.07, 6.45) is 4.29. The molecule has 1 fully saturated rings. The Labute approximate surface area is 142 Å². The van der Waals surface area contributed by atoms with Gasteiger partial charge in [-0.1, -0.05) is 36.4 Å². The minimum Gasteiger partial charge on any atom is -0.356 e. The van der Waals surface area contributed by atoms with E-state index in [1.54, 1.807) is 0 Å². The number of benzene rings is 1. The lowest BCUT2D eigenvalue weighted by atomic mass is 9.97. The van der Waals surface area contributed by atoms with E-state index >= 15 is 0 Å². The maximum Gasteiger partial charge on any atom is 0.128 e. The molecular weight excluding hydrogens is 296 g/mol. The van der Waals surface area contributed by atoms with Crippen LogP contribution in [0.25, 0.3) is 11.3 Å². The number of hydrogen-bond acceptors (Lipinski definition) is 3. The molecule has 3 aromatic rings. The molecule has 4 rings (SSSR count). The average Bonchev–Trinajstić information content (AvgIpc) is 3.13. The molecule has 0 saturated carbocycles. The van der Waals surface area contributed by atoms with Crippen LogP contribution in [0.5, 0.6) is 0 Å². The zero-order chi connectivity index (χ0) is 16.4. The molecule has 1 unspecified atom stereocenters. The summed E-state index contributed by atoms with van der Waals surface area (Å²) in [7, 11) is 0. The van der Waals surface area contributed by atoms with E-state index in [9.17, 15) is 0 Å². The average molecular weight is 318 g/mol. The fourth-order valence-electron chi connectivity index (χ4n) is 3.42. The van der Waals surface area contributed by atoms with Gasteiger partial charge >= 0.3 is 0 Å². The third kappa shape index (κ3) is 3.04. The number of pyridine rings is 1. The highest BCUT2D eigenvalue weighted by molar-refractivity contribution is 5.58. The number of aromatic amines is 1. The summed E-state index contributed by atoms with van der Waals surface area (Å²) in [4.78, 5) is 15.2. The van der Waals surface area contributed by atoms with Crippen molar-refractivity contribution in [2.24, 2.45) is 0 Å². The first-order valence-electron chi connectivity index (χ1n) is 8.58. The van der Waals surface area contributed by atoms with Crippen LogP contribution in [0.15, 0.2) is 54.7 Å². The van der Waals surface area contributed by atoms with Crippen molar-refractivity contribution in [1.29, 1.82) is 0 Å². The Morgan fingerprint density at radius 2 is 1.96 bits per heavy atom. The lowest BCUT2D eigenvalue weighted by Gasteiger charge is -2.32. The van der Waals surface area contributed by atoms with Gasteiger partial charge in [-0.3, -0.25) is 0 Å². The molecule has 0 spiro atoms. The fraction of sp³-hybridized carbons (Fsp3) is 0.300. The quantitative estimate of drug-likeness (QED) is 0.788. The van der Waals surface area contributed by atoms with E-state index in [1.165, 1.54) is 18.4 Å². The summed E-state index contributed by atoms with van der Waals surface area (Å²) in [5.41, 5.74) is 3.35. The molecule has 4 heteroatoms. The van der Waals surface area contributed by atoms with Crippen LogP contribution in [0.1, 0.15) is 30.3 Å². The molecule has 1 aromatic carbocycles. The van der Waals surface area contributed by atoms with Gasteiger partial charge in [0, 0.05) is 24.7 Å². The Bertz CT molecular complexity index is 809. The Hall–Kier alpha value is -2.62. The Balaban J connectivity index is 1.53. The summed E-state index contributed by atoms with van der Waals surface area (Å²) in [5.74, 6) is 2.60. The largest absolute Gasteiger partial charge is 0.356 e. The van der Waals surface area contributed by atoms with Gasteiger partial charge in [0.2, 0.25) is 0 Å². The molecule has 4 nitrogen and oxygen atoms in total. The first kappa shape index (κ1) is 14.9. The first-order valence-corrected chi connectivity index (χ1v) is 8.58. The van der Waals surface area contributed by atoms with Crippen LogP contribution in [0.2, 0.25) is 0 Å². The van der Waals surface area contributed by atoms with Crippen molar-refractivity contribution < 1.29 is 0 Å². The molecule has 0 aliphatic carbocycles. The number of nitrogens with one attached hydrogen (secondary N) is 1. The second-order valence-electron chi connectivity index (χ2n) is 6.47. The number of hydrogen-bond donors (Lipinski definition) is 1. The highest BCUT2D eigenvalue weighted by atomic mass is 15.2. The highest BCUT2D eigenvalue weighted by Crippen LogP contribution is 2.29. The van der Waals surface area contributed by atoms with E-state index in [1.807, 2.05) is 25.3 Å². The number of aromatic nitrogens is 3. The predicted molar refractivity (Wildman–Crippen MR) is 97.2 cm³/mol. The van der Waals surface area contributed by atoms with Crippen LogP contribution < -0.4 is 4.90 Å². The number of piperidine rings is 1. The van der Waals surface area contributed by atoms with Gasteiger partial charge in [0.1, 0.15) is 11.6 Å². The van der Waals surface area contributed by atoms with E-state index in [0.717, 1.165) is 36.1 Å². The maximum absolute atomic E-state index is 4.67. The molecule has 1 aliphatic heterocycles. The van der Waals surface area contributed by atoms with Crippen LogP contribution in [-0.2, 0) is 0 Å². The lowest BCUT2D eigenvalue weighted by molar-refractivity contribution is 0.491. The molecule has 1 aliphatic rings. The molecule has 0 amide bonds. The van der Waals surface area contributed by atoms with E-state index in [0.29, 0.717) is 5.92 Å². The van der Waals surface area contributed by atoms with Crippen molar-refractivity contribution >= 4 is 5.82 Å². The van der Waals surface area contributed by atoms with E-state index in [2.05, 4.69) is 56.3 Å². The summed E-state index contributed by atoms with van der Waals surface area (Å²) in [6, 6.07) is 16.6. The fourth-order valence-corrected chi connectivity index (χ4v) is 3.42. The normalized spacial score (nSPS) is 17.9. The number of H-pyrrole nitrogens is 1. The zero-order valence-corrected chi connectivity index (χ0v) is 13.9. The van der Waals surface area contributed by atoms with Crippen molar-refractivity contribution in [2.45, 2.75) is 25.7 Å². The number of aryl methyl sites for hydroxylation is 1. The molecule has 1 atom stereocenters. The Morgan fingerprint density at radius 1 is 1.08 bits per heavy atom. The van der Waals surface area contributed by atoms with Crippen molar-refractivity contribution in [3.05, 3.63) is 66.2 Å². The van der Waals surface area contributed by atoms with Gasteiger partial charge in [-0.2, -0.15) is 0 Å². The molecule has 0 bridgehead atoms. The second-order valence-corrected chi connectivity index (χ2v) is 6.47. The first-order chi connectivity index (χ1) is 11.8. The van der Waals surface area contributed by atoms with Crippen molar-refractivity contribution in [1.82, 2.24) is 15.0 Å². The standard InChI is InChI=1S/C20H22N4/c1-15-7-5-11-19(22-15)24-12-6-10-17(14-24)20-21-13-18(23-20)16-8-3-2-4-9-16/h2-5,7-9,11,13,17H,6,10,12,14H2,1H3,(H,21,23).